The number of hydrogen-bond acceptors (Lipinski definition) is 1. The van der Waals surface area contributed by atoms with Crippen molar-refractivity contribution in [1.29, 1.82) is 0 Å². The fourth-order valence-electron chi connectivity index (χ4n) is 1.31. The molecule has 80 valence electrons. The number of ether oxygens (including phenoxy) is 1. The van der Waals surface area contributed by atoms with Crippen molar-refractivity contribution in [3.8, 4) is 0 Å². The molecule has 0 amide bonds. The fourth-order valence-corrected chi connectivity index (χ4v) is 1.31. The Morgan fingerprint density at radius 3 is 1.54 bits per heavy atom. The van der Waals surface area contributed by atoms with E-state index in [1.165, 1.54) is 32.1 Å². The molecule has 1 nitrogen and oxygen atoms in total. The van der Waals surface area contributed by atoms with Crippen LogP contribution in [0.3, 0.4) is 0 Å². The molecule has 1 heteroatoms. The highest BCUT2D eigenvalue weighted by molar-refractivity contribution is 4.59. The molecule has 1 aliphatic rings. The first-order valence-corrected chi connectivity index (χ1v) is 5.51. The lowest BCUT2D eigenvalue weighted by molar-refractivity contribution is 0.0397. The molecule has 0 aromatic heterocycles. The molecule has 13 heavy (non-hydrogen) atoms. The maximum atomic E-state index is 4.94. The zero-order valence-corrected chi connectivity index (χ0v) is 10.0. The molecule has 0 atom stereocenters. The monoisotopic (exact) mass is 186 g/mol. The average molecular weight is 186 g/mol. The Kier molecular flexibility index (Phi) is 6.40. The normalized spacial score (nSPS) is 19.2. The van der Waals surface area contributed by atoms with E-state index in [-0.39, 0.29) is 5.60 Å². The Labute approximate surface area is 83.9 Å². The van der Waals surface area contributed by atoms with Crippen LogP contribution in [0.5, 0.6) is 0 Å². The van der Waals surface area contributed by atoms with E-state index in [0.717, 1.165) is 5.92 Å². The minimum Gasteiger partial charge on any atom is -0.379 e. The van der Waals surface area contributed by atoms with Crippen LogP contribution in [-0.4, -0.2) is 12.7 Å². The van der Waals surface area contributed by atoms with Crippen LogP contribution in [0.25, 0.3) is 0 Å². The van der Waals surface area contributed by atoms with E-state index in [1.807, 2.05) is 20.8 Å². The quantitative estimate of drug-likeness (QED) is 0.555. The summed E-state index contributed by atoms with van der Waals surface area (Å²) in [6, 6.07) is 0. The average Bonchev–Trinajstić information content (AvgIpc) is 2.06. The predicted molar refractivity (Wildman–Crippen MR) is 59.0 cm³/mol. The number of rotatable bonds is 0. The summed E-state index contributed by atoms with van der Waals surface area (Å²) < 4.78 is 4.94. The second-order valence-electron chi connectivity index (χ2n) is 5.06. The van der Waals surface area contributed by atoms with Crippen molar-refractivity contribution in [3.63, 3.8) is 0 Å². The molecule has 0 bridgehead atoms. The van der Waals surface area contributed by atoms with E-state index in [2.05, 4.69) is 6.92 Å². The van der Waals surface area contributed by atoms with Gasteiger partial charge in [0.15, 0.2) is 0 Å². The van der Waals surface area contributed by atoms with Gasteiger partial charge in [0.05, 0.1) is 5.60 Å². The van der Waals surface area contributed by atoms with Crippen molar-refractivity contribution in [1.82, 2.24) is 0 Å². The van der Waals surface area contributed by atoms with Gasteiger partial charge in [-0.2, -0.15) is 0 Å². The molecule has 0 N–H and O–H groups in total. The summed E-state index contributed by atoms with van der Waals surface area (Å²) in [6.45, 7) is 8.42. The Hall–Kier alpha value is -0.0400. The number of methoxy groups -OCH3 is 1. The van der Waals surface area contributed by atoms with E-state index in [1.54, 1.807) is 7.11 Å². The summed E-state index contributed by atoms with van der Waals surface area (Å²) >= 11 is 0. The maximum Gasteiger partial charge on any atom is 0.0594 e. The van der Waals surface area contributed by atoms with E-state index < -0.39 is 0 Å². The first-order valence-electron chi connectivity index (χ1n) is 5.51. The van der Waals surface area contributed by atoms with Gasteiger partial charge in [0, 0.05) is 7.11 Å². The van der Waals surface area contributed by atoms with E-state index in [9.17, 15) is 0 Å². The molecule has 1 fully saturated rings. The number of hydrogen-bond donors (Lipinski definition) is 0. The lowest BCUT2D eigenvalue weighted by Crippen LogP contribution is -2.15. The molecular formula is C12H26O. The second-order valence-corrected chi connectivity index (χ2v) is 5.06. The summed E-state index contributed by atoms with van der Waals surface area (Å²) in [5.74, 6) is 1.04. The maximum absolute atomic E-state index is 4.94. The van der Waals surface area contributed by atoms with Crippen LogP contribution in [0.1, 0.15) is 59.8 Å². The lowest BCUT2D eigenvalue weighted by atomic mass is 9.91. The Bertz CT molecular complexity index is 107. The third kappa shape index (κ3) is 9.88. The minimum absolute atomic E-state index is 0.0417. The van der Waals surface area contributed by atoms with Gasteiger partial charge >= 0.3 is 0 Å². The molecule has 0 radical (unpaired) electrons. The fraction of sp³-hybridized carbons (Fsp3) is 1.00. The molecule has 0 heterocycles. The highest BCUT2D eigenvalue weighted by Crippen LogP contribution is 2.22. The molecular weight excluding hydrogens is 160 g/mol. The zero-order valence-electron chi connectivity index (χ0n) is 10.0. The highest BCUT2D eigenvalue weighted by atomic mass is 16.5. The SMILES string of the molecule is CC1CCCCC1.COC(C)(C)C. The van der Waals surface area contributed by atoms with Crippen LogP contribution in [0.4, 0.5) is 0 Å². The van der Waals surface area contributed by atoms with Crippen LogP contribution in [-0.2, 0) is 4.74 Å². The van der Waals surface area contributed by atoms with E-state index >= 15 is 0 Å². The first kappa shape index (κ1) is 13.0. The van der Waals surface area contributed by atoms with Crippen molar-refractivity contribution >= 4 is 0 Å². The summed E-state index contributed by atoms with van der Waals surface area (Å²) in [4.78, 5) is 0. The Morgan fingerprint density at radius 2 is 1.38 bits per heavy atom. The third-order valence-electron chi connectivity index (χ3n) is 2.51. The standard InChI is InChI=1S/C7H14.C5H12O/c1-7-5-3-2-4-6-7;1-5(2,3)6-4/h7H,2-6H2,1H3;1-4H3. The molecule has 0 spiro atoms. The third-order valence-corrected chi connectivity index (χ3v) is 2.51. The molecule has 0 unspecified atom stereocenters. The van der Waals surface area contributed by atoms with Crippen LogP contribution in [0, 0.1) is 5.92 Å². The van der Waals surface area contributed by atoms with Gasteiger partial charge in [-0.3, -0.25) is 0 Å². The smallest absolute Gasteiger partial charge is 0.0594 e. The van der Waals surface area contributed by atoms with Crippen LogP contribution in [0.2, 0.25) is 0 Å². The van der Waals surface area contributed by atoms with Crippen molar-refractivity contribution in [2.24, 2.45) is 5.92 Å². The summed E-state index contributed by atoms with van der Waals surface area (Å²) in [5.41, 5.74) is 0.0417. The molecule has 0 aliphatic heterocycles. The van der Waals surface area contributed by atoms with E-state index in [4.69, 9.17) is 4.74 Å². The largest absolute Gasteiger partial charge is 0.379 e. The van der Waals surface area contributed by atoms with Crippen LogP contribution in [0.15, 0.2) is 0 Å². The van der Waals surface area contributed by atoms with E-state index in [0.29, 0.717) is 0 Å². The summed E-state index contributed by atoms with van der Waals surface area (Å²) in [7, 11) is 1.71. The van der Waals surface area contributed by atoms with Gasteiger partial charge in [0.2, 0.25) is 0 Å². The topological polar surface area (TPSA) is 9.23 Å². The van der Waals surface area contributed by atoms with Gasteiger partial charge in [-0.15, -0.1) is 0 Å². The summed E-state index contributed by atoms with van der Waals surface area (Å²) in [6.07, 6.45) is 7.44. The molecule has 1 aliphatic carbocycles. The van der Waals surface area contributed by atoms with Crippen molar-refractivity contribution < 1.29 is 4.74 Å². The molecule has 0 saturated heterocycles. The molecule has 1 rings (SSSR count). The van der Waals surface area contributed by atoms with Gasteiger partial charge < -0.3 is 4.74 Å². The van der Waals surface area contributed by atoms with Crippen molar-refractivity contribution in [3.05, 3.63) is 0 Å². The zero-order chi connectivity index (χ0) is 10.3. The molecule has 0 aromatic rings. The lowest BCUT2D eigenvalue weighted by Gasteiger charge is -2.15. The highest BCUT2D eigenvalue weighted by Gasteiger charge is 2.06. The Morgan fingerprint density at radius 1 is 1.00 bits per heavy atom. The van der Waals surface area contributed by atoms with Crippen LogP contribution < -0.4 is 0 Å². The van der Waals surface area contributed by atoms with Gasteiger partial charge in [-0.1, -0.05) is 39.0 Å². The van der Waals surface area contributed by atoms with Gasteiger partial charge in [-0.05, 0) is 26.7 Å². The van der Waals surface area contributed by atoms with Gasteiger partial charge in [0.1, 0.15) is 0 Å². The summed E-state index contributed by atoms with van der Waals surface area (Å²) in [5, 5.41) is 0. The van der Waals surface area contributed by atoms with Crippen LogP contribution >= 0.6 is 0 Å². The van der Waals surface area contributed by atoms with Crippen molar-refractivity contribution in [2.45, 2.75) is 65.4 Å². The predicted octanol–water partition coefficient (Wildman–Crippen LogP) is 4.02. The molecule has 0 aromatic carbocycles. The molecule has 1 saturated carbocycles. The Balaban J connectivity index is 0.000000226. The first-order chi connectivity index (χ1) is 5.95. The van der Waals surface area contributed by atoms with Crippen molar-refractivity contribution in [2.75, 3.05) is 7.11 Å². The van der Waals surface area contributed by atoms with Gasteiger partial charge in [0.25, 0.3) is 0 Å². The van der Waals surface area contributed by atoms with Gasteiger partial charge in [-0.25, -0.2) is 0 Å². The second kappa shape index (κ2) is 6.42. The minimum atomic E-state index is 0.0417.